The van der Waals surface area contributed by atoms with Crippen LogP contribution in [0.4, 0.5) is 5.82 Å². The number of nitrogens with one attached hydrogen (secondary N) is 1. The number of nitrogens with zero attached hydrogens (tertiary/aromatic N) is 4. The predicted octanol–water partition coefficient (Wildman–Crippen LogP) is 1.75. The van der Waals surface area contributed by atoms with E-state index in [1.165, 1.54) is 0 Å². The van der Waals surface area contributed by atoms with Gasteiger partial charge in [0.05, 0.1) is 11.9 Å². The van der Waals surface area contributed by atoms with Crippen molar-refractivity contribution in [3.8, 4) is 0 Å². The number of rotatable bonds is 3. The van der Waals surface area contributed by atoms with Crippen LogP contribution in [-0.4, -0.2) is 44.2 Å². The predicted molar refractivity (Wildman–Crippen MR) is 73.4 cm³/mol. The van der Waals surface area contributed by atoms with Crippen LogP contribution in [-0.2, 0) is 0 Å². The Labute approximate surface area is 115 Å². The van der Waals surface area contributed by atoms with Crippen LogP contribution in [0.2, 0.25) is 5.28 Å². The van der Waals surface area contributed by atoms with Gasteiger partial charge < -0.3 is 15.0 Å². The molecule has 0 saturated heterocycles. The molecule has 2 heterocycles. The Morgan fingerprint density at radius 1 is 1.42 bits per heavy atom. The molecule has 0 spiro atoms. The highest BCUT2D eigenvalue weighted by Crippen LogP contribution is 2.32. The van der Waals surface area contributed by atoms with Crippen molar-refractivity contribution in [2.24, 2.45) is 0 Å². The quantitative estimate of drug-likeness (QED) is 0.838. The first-order valence-corrected chi connectivity index (χ1v) is 6.75. The van der Waals surface area contributed by atoms with Crippen LogP contribution in [0.25, 0.3) is 11.2 Å². The summed E-state index contributed by atoms with van der Waals surface area (Å²) in [5, 5.41) is 10.6. The van der Waals surface area contributed by atoms with Gasteiger partial charge in [-0.3, -0.25) is 0 Å². The summed E-state index contributed by atoms with van der Waals surface area (Å²) in [4.78, 5) is 17.3. The summed E-state index contributed by atoms with van der Waals surface area (Å²) < 4.78 is 0. The van der Waals surface area contributed by atoms with E-state index in [1.807, 2.05) is 11.9 Å². The molecule has 0 aromatic carbocycles. The fourth-order valence-electron chi connectivity index (χ4n) is 2.78. The number of imidazole rings is 1. The van der Waals surface area contributed by atoms with Crippen molar-refractivity contribution in [1.82, 2.24) is 19.9 Å². The van der Waals surface area contributed by atoms with Crippen molar-refractivity contribution in [2.75, 3.05) is 18.5 Å². The number of hydrogen-bond acceptors (Lipinski definition) is 5. The van der Waals surface area contributed by atoms with Gasteiger partial charge in [0.25, 0.3) is 0 Å². The number of fused-ring (bicyclic) bond motifs is 1. The molecule has 1 fully saturated rings. The molecule has 0 unspecified atom stereocenters. The molecule has 2 aromatic rings. The van der Waals surface area contributed by atoms with Crippen molar-refractivity contribution in [2.45, 2.75) is 31.3 Å². The lowest BCUT2D eigenvalue weighted by molar-refractivity contribution is 0.0558. The second kappa shape index (κ2) is 4.61. The van der Waals surface area contributed by atoms with E-state index in [4.69, 9.17) is 11.6 Å². The van der Waals surface area contributed by atoms with E-state index in [2.05, 4.69) is 19.9 Å². The molecule has 2 aromatic heterocycles. The van der Waals surface area contributed by atoms with E-state index in [-0.39, 0.29) is 5.28 Å². The van der Waals surface area contributed by atoms with E-state index in [9.17, 15) is 5.11 Å². The van der Waals surface area contributed by atoms with Crippen LogP contribution >= 0.6 is 11.6 Å². The number of aliphatic hydroxyl groups is 1. The first-order chi connectivity index (χ1) is 9.07. The van der Waals surface area contributed by atoms with Gasteiger partial charge in [-0.15, -0.1) is 0 Å². The second-order valence-electron chi connectivity index (χ2n) is 5.20. The third-order valence-corrected chi connectivity index (χ3v) is 3.84. The van der Waals surface area contributed by atoms with Gasteiger partial charge >= 0.3 is 0 Å². The molecule has 2 N–H and O–H groups in total. The maximum absolute atomic E-state index is 10.5. The van der Waals surface area contributed by atoms with Gasteiger partial charge in [-0.25, -0.2) is 4.98 Å². The van der Waals surface area contributed by atoms with E-state index in [1.54, 1.807) is 6.33 Å². The largest absolute Gasteiger partial charge is 0.388 e. The first-order valence-electron chi connectivity index (χ1n) is 6.38. The zero-order chi connectivity index (χ0) is 13.5. The maximum atomic E-state index is 10.5. The smallest absolute Gasteiger partial charge is 0.226 e. The lowest BCUT2D eigenvalue weighted by Gasteiger charge is -2.29. The minimum Gasteiger partial charge on any atom is -0.388 e. The summed E-state index contributed by atoms with van der Waals surface area (Å²) in [6.07, 6.45) is 5.39. The summed E-state index contributed by atoms with van der Waals surface area (Å²) in [6.45, 7) is 0.536. The Bertz CT molecular complexity index is 593. The molecule has 3 rings (SSSR count). The topological polar surface area (TPSA) is 77.9 Å². The highest BCUT2D eigenvalue weighted by atomic mass is 35.5. The SMILES string of the molecule is CN(CC1(O)CCCC1)c1nc(Cl)nc2nc[nH]c12. The average Bonchev–Trinajstić information content (AvgIpc) is 2.96. The van der Waals surface area contributed by atoms with E-state index >= 15 is 0 Å². The van der Waals surface area contributed by atoms with Crippen LogP contribution in [0.3, 0.4) is 0 Å². The summed E-state index contributed by atoms with van der Waals surface area (Å²) >= 11 is 5.91. The molecule has 1 aliphatic rings. The molecule has 1 saturated carbocycles. The van der Waals surface area contributed by atoms with Gasteiger partial charge in [0.15, 0.2) is 11.5 Å². The Morgan fingerprint density at radius 2 is 2.16 bits per heavy atom. The normalized spacial score (nSPS) is 18.1. The molecule has 0 aliphatic heterocycles. The van der Waals surface area contributed by atoms with E-state index in [0.29, 0.717) is 18.0 Å². The monoisotopic (exact) mass is 281 g/mol. The van der Waals surface area contributed by atoms with Crippen molar-refractivity contribution in [3.63, 3.8) is 0 Å². The Balaban J connectivity index is 1.92. The Morgan fingerprint density at radius 3 is 2.89 bits per heavy atom. The molecule has 0 amide bonds. The average molecular weight is 282 g/mol. The summed E-state index contributed by atoms with van der Waals surface area (Å²) in [7, 11) is 1.90. The number of aromatic amines is 1. The molecular weight excluding hydrogens is 266 g/mol. The fourth-order valence-corrected chi connectivity index (χ4v) is 2.94. The number of hydrogen-bond donors (Lipinski definition) is 2. The van der Waals surface area contributed by atoms with Crippen LogP contribution in [0.15, 0.2) is 6.33 Å². The number of halogens is 1. The summed E-state index contributed by atoms with van der Waals surface area (Å²) in [6, 6.07) is 0. The van der Waals surface area contributed by atoms with Gasteiger partial charge in [-0.2, -0.15) is 9.97 Å². The lowest BCUT2D eigenvalue weighted by Crippen LogP contribution is -2.39. The number of H-pyrrole nitrogens is 1. The number of likely N-dealkylation sites (N-methyl/N-ethyl adjacent to an activating group) is 1. The van der Waals surface area contributed by atoms with Gasteiger partial charge in [0.1, 0.15) is 5.52 Å². The van der Waals surface area contributed by atoms with Gasteiger partial charge in [0.2, 0.25) is 5.28 Å². The third kappa shape index (κ3) is 2.37. The Hall–Kier alpha value is -1.40. The lowest BCUT2D eigenvalue weighted by atomic mass is 10.0. The summed E-state index contributed by atoms with van der Waals surface area (Å²) in [5.74, 6) is 0.674. The molecule has 0 bridgehead atoms. The van der Waals surface area contributed by atoms with Crippen LogP contribution < -0.4 is 4.90 Å². The standard InChI is InChI=1S/C12H16ClN5O/c1-18(6-12(19)4-2-3-5-12)10-8-9(15-7-14-8)16-11(13)17-10/h7,19H,2-6H2,1H3,(H,14,15,16,17). The molecule has 1 aliphatic carbocycles. The van der Waals surface area contributed by atoms with Crippen molar-refractivity contribution >= 4 is 28.6 Å². The minimum atomic E-state index is -0.626. The van der Waals surface area contributed by atoms with E-state index in [0.717, 1.165) is 31.2 Å². The molecule has 6 nitrogen and oxygen atoms in total. The highest BCUT2D eigenvalue weighted by molar-refractivity contribution is 6.28. The summed E-state index contributed by atoms with van der Waals surface area (Å²) in [5.41, 5.74) is 0.659. The molecule has 102 valence electrons. The number of aromatic nitrogens is 4. The van der Waals surface area contributed by atoms with Crippen molar-refractivity contribution < 1.29 is 5.11 Å². The van der Waals surface area contributed by atoms with Crippen molar-refractivity contribution in [1.29, 1.82) is 0 Å². The minimum absolute atomic E-state index is 0.167. The first kappa shape index (κ1) is 12.6. The van der Waals surface area contributed by atoms with Crippen LogP contribution in [0.1, 0.15) is 25.7 Å². The second-order valence-corrected chi connectivity index (χ2v) is 5.54. The molecular formula is C12H16ClN5O. The van der Waals surface area contributed by atoms with E-state index < -0.39 is 5.60 Å². The van der Waals surface area contributed by atoms with Crippen molar-refractivity contribution in [3.05, 3.63) is 11.6 Å². The van der Waals surface area contributed by atoms with Gasteiger partial charge in [-0.1, -0.05) is 12.8 Å². The fraction of sp³-hybridized carbons (Fsp3) is 0.583. The van der Waals surface area contributed by atoms with Gasteiger partial charge in [-0.05, 0) is 24.4 Å². The molecule has 7 heteroatoms. The Kier molecular flexibility index (Phi) is 3.06. The molecule has 19 heavy (non-hydrogen) atoms. The zero-order valence-corrected chi connectivity index (χ0v) is 11.5. The number of anilines is 1. The zero-order valence-electron chi connectivity index (χ0n) is 10.7. The molecule has 0 atom stereocenters. The maximum Gasteiger partial charge on any atom is 0.226 e. The van der Waals surface area contributed by atoms with Crippen LogP contribution in [0, 0.1) is 0 Å². The third-order valence-electron chi connectivity index (χ3n) is 3.67. The van der Waals surface area contributed by atoms with Crippen LogP contribution in [0.5, 0.6) is 0 Å². The molecule has 0 radical (unpaired) electrons. The van der Waals surface area contributed by atoms with Gasteiger partial charge in [0, 0.05) is 13.6 Å². The highest BCUT2D eigenvalue weighted by Gasteiger charge is 2.33.